The number of nitrogens with zero attached hydrogens (tertiary/aromatic N) is 1. The highest BCUT2D eigenvalue weighted by molar-refractivity contribution is 6.36. The van der Waals surface area contributed by atoms with Crippen molar-refractivity contribution >= 4 is 35.0 Å². The summed E-state index contributed by atoms with van der Waals surface area (Å²) in [5, 5.41) is 4.09. The molecular formula is C27H34Cl2N2O3. The first-order valence-electron chi connectivity index (χ1n) is 12.2. The molecule has 2 aromatic rings. The Kier molecular flexibility index (Phi) is 10.1. The molecule has 0 radical (unpaired) electrons. The van der Waals surface area contributed by atoms with Crippen LogP contribution >= 0.6 is 23.2 Å². The van der Waals surface area contributed by atoms with Crippen LogP contribution in [0.5, 0.6) is 5.75 Å². The fourth-order valence-corrected chi connectivity index (χ4v) is 4.88. The van der Waals surface area contributed by atoms with Crippen LogP contribution in [0.25, 0.3) is 0 Å². The molecule has 1 aliphatic rings. The molecule has 1 unspecified atom stereocenters. The largest absolute Gasteiger partial charge is 0.484 e. The van der Waals surface area contributed by atoms with E-state index in [1.54, 1.807) is 23.1 Å². The summed E-state index contributed by atoms with van der Waals surface area (Å²) >= 11 is 12.8. The molecule has 184 valence electrons. The van der Waals surface area contributed by atoms with Crippen molar-refractivity contribution in [3.05, 3.63) is 63.6 Å². The second-order valence-electron chi connectivity index (χ2n) is 8.78. The highest BCUT2D eigenvalue weighted by atomic mass is 35.5. The zero-order valence-corrected chi connectivity index (χ0v) is 21.5. The summed E-state index contributed by atoms with van der Waals surface area (Å²) in [7, 11) is 0. The smallest absolute Gasteiger partial charge is 0.261 e. The van der Waals surface area contributed by atoms with E-state index in [1.807, 2.05) is 31.2 Å². The summed E-state index contributed by atoms with van der Waals surface area (Å²) in [6, 6.07) is 12.4. The average molecular weight is 505 g/mol. The third-order valence-electron chi connectivity index (χ3n) is 6.42. The number of hydrogen-bond donors (Lipinski definition) is 1. The van der Waals surface area contributed by atoms with E-state index in [0.717, 1.165) is 32.1 Å². The SMILES string of the molecule is CCc1ccc(OCC(=O)N(Cc2c(Cl)cccc2Cl)C(CC)C(=O)NC2CCCCC2)cc1. The zero-order valence-electron chi connectivity index (χ0n) is 20.0. The van der Waals surface area contributed by atoms with Crippen LogP contribution in [0.2, 0.25) is 10.0 Å². The molecule has 2 aromatic carbocycles. The lowest BCUT2D eigenvalue weighted by Crippen LogP contribution is -2.52. The molecule has 7 heteroatoms. The molecular weight excluding hydrogens is 471 g/mol. The minimum absolute atomic E-state index is 0.131. The normalized spacial score (nSPS) is 14.9. The maximum Gasteiger partial charge on any atom is 0.261 e. The summed E-state index contributed by atoms with van der Waals surface area (Å²) in [6.07, 6.45) is 6.79. The van der Waals surface area contributed by atoms with Gasteiger partial charge in [0.2, 0.25) is 5.91 Å². The molecule has 0 aromatic heterocycles. The Labute approximate surface area is 212 Å². The lowest BCUT2D eigenvalue weighted by Gasteiger charge is -2.33. The van der Waals surface area contributed by atoms with Crippen molar-refractivity contribution in [1.82, 2.24) is 10.2 Å². The lowest BCUT2D eigenvalue weighted by atomic mass is 9.95. The van der Waals surface area contributed by atoms with Gasteiger partial charge in [-0.15, -0.1) is 0 Å². The van der Waals surface area contributed by atoms with Gasteiger partial charge in [-0.2, -0.15) is 0 Å². The number of hydrogen-bond acceptors (Lipinski definition) is 3. The summed E-state index contributed by atoms with van der Waals surface area (Å²) < 4.78 is 5.78. The van der Waals surface area contributed by atoms with Crippen LogP contribution in [0.1, 0.15) is 63.5 Å². The van der Waals surface area contributed by atoms with E-state index < -0.39 is 6.04 Å². The Morgan fingerprint density at radius 3 is 2.26 bits per heavy atom. The lowest BCUT2D eigenvalue weighted by molar-refractivity contribution is -0.143. The van der Waals surface area contributed by atoms with Gasteiger partial charge in [0, 0.05) is 28.2 Å². The molecule has 0 bridgehead atoms. The number of benzene rings is 2. The summed E-state index contributed by atoms with van der Waals surface area (Å²) in [4.78, 5) is 28.2. The standard InChI is InChI=1S/C27H34Cl2N2O3/c1-3-19-13-15-21(16-14-19)34-18-26(32)31(17-22-23(28)11-8-12-24(22)29)25(4-2)27(33)30-20-9-6-5-7-10-20/h8,11-16,20,25H,3-7,9-10,17-18H2,1-2H3,(H,30,33). The number of halogens is 2. The van der Waals surface area contributed by atoms with Crippen molar-refractivity contribution < 1.29 is 14.3 Å². The van der Waals surface area contributed by atoms with Crippen LogP contribution in [0.3, 0.4) is 0 Å². The van der Waals surface area contributed by atoms with Crippen molar-refractivity contribution in [2.24, 2.45) is 0 Å². The molecule has 0 heterocycles. The average Bonchev–Trinajstić information content (AvgIpc) is 2.85. The van der Waals surface area contributed by atoms with Gasteiger partial charge in [-0.25, -0.2) is 0 Å². The number of rotatable bonds is 10. The van der Waals surface area contributed by atoms with E-state index in [2.05, 4.69) is 12.2 Å². The Hall–Kier alpha value is -2.24. The monoisotopic (exact) mass is 504 g/mol. The number of nitrogens with one attached hydrogen (secondary N) is 1. The Morgan fingerprint density at radius 2 is 1.68 bits per heavy atom. The van der Waals surface area contributed by atoms with E-state index in [9.17, 15) is 9.59 Å². The van der Waals surface area contributed by atoms with Gasteiger partial charge in [0.05, 0.1) is 0 Å². The summed E-state index contributed by atoms with van der Waals surface area (Å²) in [5.41, 5.74) is 1.81. The quantitative estimate of drug-likeness (QED) is 0.419. The molecule has 1 atom stereocenters. The molecule has 5 nitrogen and oxygen atoms in total. The van der Waals surface area contributed by atoms with Gasteiger partial charge >= 0.3 is 0 Å². The molecule has 2 amide bonds. The second-order valence-corrected chi connectivity index (χ2v) is 9.59. The van der Waals surface area contributed by atoms with Gasteiger partial charge in [-0.05, 0) is 55.5 Å². The molecule has 1 N–H and O–H groups in total. The van der Waals surface area contributed by atoms with Gasteiger partial charge in [0.1, 0.15) is 11.8 Å². The van der Waals surface area contributed by atoms with Gasteiger partial charge in [-0.3, -0.25) is 9.59 Å². The van der Waals surface area contributed by atoms with Crippen LogP contribution in [-0.2, 0) is 22.6 Å². The fourth-order valence-electron chi connectivity index (χ4n) is 4.37. The van der Waals surface area contributed by atoms with E-state index >= 15 is 0 Å². The van der Waals surface area contributed by atoms with E-state index in [0.29, 0.717) is 27.8 Å². The third-order valence-corrected chi connectivity index (χ3v) is 7.13. The van der Waals surface area contributed by atoms with E-state index in [1.165, 1.54) is 12.0 Å². The molecule has 34 heavy (non-hydrogen) atoms. The highest BCUT2D eigenvalue weighted by Gasteiger charge is 2.31. The van der Waals surface area contributed by atoms with Crippen molar-refractivity contribution in [3.63, 3.8) is 0 Å². The van der Waals surface area contributed by atoms with Gasteiger partial charge in [0.15, 0.2) is 6.61 Å². The minimum Gasteiger partial charge on any atom is -0.484 e. The molecule has 1 saturated carbocycles. The Morgan fingerprint density at radius 1 is 1.03 bits per heavy atom. The predicted molar refractivity (Wildman–Crippen MR) is 137 cm³/mol. The van der Waals surface area contributed by atoms with Crippen molar-refractivity contribution in [2.75, 3.05) is 6.61 Å². The Balaban J connectivity index is 1.78. The second kappa shape index (κ2) is 13.0. The molecule has 3 rings (SSSR count). The van der Waals surface area contributed by atoms with Crippen LogP contribution in [-0.4, -0.2) is 35.4 Å². The van der Waals surface area contributed by atoms with Crippen LogP contribution in [0.15, 0.2) is 42.5 Å². The maximum atomic E-state index is 13.4. The summed E-state index contributed by atoms with van der Waals surface area (Å²) in [6.45, 7) is 3.94. The maximum absolute atomic E-state index is 13.4. The molecule has 0 saturated heterocycles. The first-order chi connectivity index (χ1) is 16.4. The van der Waals surface area contributed by atoms with Crippen molar-refractivity contribution in [3.8, 4) is 5.75 Å². The van der Waals surface area contributed by atoms with Crippen LogP contribution < -0.4 is 10.1 Å². The number of carbonyl (C=O) groups excluding carboxylic acids is 2. The Bertz CT molecular complexity index is 939. The molecule has 0 aliphatic heterocycles. The van der Waals surface area contributed by atoms with Gasteiger partial charge in [0.25, 0.3) is 5.91 Å². The zero-order chi connectivity index (χ0) is 24.5. The molecule has 0 spiro atoms. The van der Waals surface area contributed by atoms with Crippen LogP contribution in [0, 0.1) is 0 Å². The first-order valence-corrected chi connectivity index (χ1v) is 12.9. The van der Waals surface area contributed by atoms with Crippen molar-refractivity contribution in [2.45, 2.75) is 77.4 Å². The minimum atomic E-state index is -0.646. The third kappa shape index (κ3) is 7.13. The first kappa shape index (κ1) is 26.4. The van der Waals surface area contributed by atoms with E-state index in [4.69, 9.17) is 27.9 Å². The van der Waals surface area contributed by atoms with E-state index in [-0.39, 0.29) is 31.0 Å². The van der Waals surface area contributed by atoms with Gasteiger partial charge in [-0.1, -0.05) is 74.5 Å². The van der Waals surface area contributed by atoms with Crippen molar-refractivity contribution in [1.29, 1.82) is 0 Å². The number of carbonyl (C=O) groups is 2. The number of aryl methyl sites for hydroxylation is 1. The molecule has 1 fully saturated rings. The fraction of sp³-hybridized carbons (Fsp3) is 0.481. The predicted octanol–water partition coefficient (Wildman–Crippen LogP) is 6.19. The number of ether oxygens (including phenoxy) is 1. The molecule has 1 aliphatic carbocycles. The number of amides is 2. The van der Waals surface area contributed by atoms with Gasteiger partial charge < -0.3 is 15.0 Å². The summed E-state index contributed by atoms with van der Waals surface area (Å²) in [5.74, 6) is 0.181. The van der Waals surface area contributed by atoms with Crippen LogP contribution in [0.4, 0.5) is 0 Å². The highest BCUT2D eigenvalue weighted by Crippen LogP contribution is 2.27. The topological polar surface area (TPSA) is 58.6 Å².